The summed E-state index contributed by atoms with van der Waals surface area (Å²) in [6.45, 7) is 2.47. The van der Waals surface area contributed by atoms with E-state index in [1.165, 1.54) is 83.5 Å². The van der Waals surface area contributed by atoms with Gasteiger partial charge in [0.15, 0.2) is 0 Å². The van der Waals surface area contributed by atoms with Gasteiger partial charge in [0.1, 0.15) is 24.4 Å². The maximum atomic E-state index is 10.1. The first-order valence-corrected chi connectivity index (χ1v) is 12.5. The van der Waals surface area contributed by atoms with Crippen LogP contribution in [0.3, 0.4) is 0 Å². The summed E-state index contributed by atoms with van der Waals surface area (Å²) in [6.07, 6.45) is 20.9. The normalized spacial score (nSPS) is 24.7. The second-order valence-electron chi connectivity index (χ2n) is 8.76. The third-order valence-corrected chi connectivity index (χ3v) is 6.07. The van der Waals surface area contributed by atoms with Crippen molar-refractivity contribution in [3.05, 3.63) is 12.2 Å². The fraction of sp³-hybridized carbons (Fsp3) is 0.920. The number of aliphatic hydroxyl groups is 3. The van der Waals surface area contributed by atoms with Crippen LogP contribution in [0, 0.1) is 0 Å². The lowest BCUT2D eigenvalue weighted by Crippen LogP contribution is -2.55. The zero-order chi connectivity index (χ0) is 21.9. The van der Waals surface area contributed by atoms with E-state index < -0.39 is 24.4 Å². The van der Waals surface area contributed by atoms with Crippen LogP contribution in [-0.4, -0.2) is 59.6 Å². The summed E-state index contributed by atoms with van der Waals surface area (Å²) in [4.78, 5) is 0. The quantitative estimate of drug-likeness (QED) is 0.201. The van der Waals surface area contributed by atoms with Gasteiger partial charge in [-0.3, -0.25) is 0 Å². The first kappa shape index (κ1) is 27.6. The maximum absolute atomic E-state index is 10.1. The highest BCUT2D eigenvalue weighted by molar-refractivity contribution is 4.87. The van der Waals surface area contributed by atoms with E-state index in [0.29, 0.717) is 6.61 Å². The lowest BCUT2D eigenvalue weighted by Gasteiger charge is -2.37. The van der Waals surface area contributed by atoms with Crippen molar-refractivity contribution in [3.63, 3.8) is 0 Å². The molecule has 0 saturated carbocycles. The van der Waals surface area contributed by atoms with E-state index in [2.05, 4.69) is 19.1 Å². The molecule has 4 atom stereocenters. The Bertz CT molecular complexity index is 401. The first-order chi connectivity index (χ1) is 14.7. The summed E-state index contributed by atoms with van der Waals surface area (Å²) >= 11 is 0. The molecule has 3 N–H and O–H groups in total. The van der Waals surface area contributed by atoms with Gasteiger partial charge in [0.25, 0.3) is 0 Å². The predicted octanol–water partition coefficient (Wildman–Crippen LogP) is 4.91. The van der Waals surface area contributed by atoms with Crippen LogP contribution in [0.1, 0.15) is 103 Å². The number of rotatable bonds is 19. The van der Waals surface area contributed by atoms with Crippen molar-refractivity contribution >= 4 is 0 Å². The van der Waals surface area contributed by atoms with Crippen molar-refractivity contribution in [1.82, 2.24) is 0 Å². The van der Waals surface area contributed by atoms with E-state index in [-0.39, 0.29) is 13.2 Å². The summed E-state index contributed by atoms with van der Waals surface area (Å²) in [5.41, 5.74) is 0. The lowest BCUT2D eigenvalue weighted by molar-refractivity contribution is -0.210. The smallest absolute Gasteiger partial charge is 0.114 e. The van der Waals surface area contributed by atoms with Crippen LogP contribution < -0.4 is 0 Å². The highest BCUT2D eigenvalue weighted by Crippen LogP contribution is 2.19. The lowest BCUT2D eigenvalue weighted by atomic mass is 10.0. The Hall–Kier alpha value is -0.460. The zero-order valence-electron chi connectivity index (χ0n) is 19.4. The Morgan fingerprint density at radius 1 is 0.800 bits per heavy atom. The molecule has 5 heteroatoms. The number of hydrogen-bond acceptors (Lipinski definition) is 5. The molecule has 1 aliphatic rings. The largest absolute Gasteiger partial charge is 0.394 e. The highest BCUT2D eigenvalue weighted by atomic mass is 16.6. The minimum absolute atomic E-state index is 0.101. The van der Waals surface area contributed by atoms with Crippen molar-refractivity contribution in [1.29, 1.82) is 0 Å². The Labute approximate surface area is 184 Å². The average molecular weight is 429 g/mol. The average Bonchev–Trinajstić information content (AvgIpc) is 2.75. The third-order valence-electron chi connectivity index (χ3n) is 6.07. The van der Waals surface area contributed by atoms with E-state index in [4.69, 9.17) is 14.6 Å². The van der Waals surface area contributed by atoms with Crippen molar-refractivity contribution in [2.45, 2.75) is 128 Å². The molecule has 0 aliphatic carbocycles. The van der Waals surface area contributed by atoms with Crippen molar-refractivity contribution < 1.29 is 24.8 Å². The maximum Gasteiger partial charge on any atom is 0.114 e. The van der Waals surface area contributed by atoms with Gasteiger partial charge in [-0.15, -0.1) is 0 Å². The van der Waals surface area contributed by atoms with Gasteiger partial charge in [0.05, 0.1) is 13.2 Å². The predicted molar refractivity (Wildman–Crippen MR) is 123 cm³/mol. The van der Waals surface area contributed by atoms with Crippen molar-refractivity contribution in [2.75, 3.05) is 19.8 Å². The summed E-state index contributed by atoms with van der Waals surface area (Å²) in [5, 5.41) is 29.1. The molecule has 0 bridgehead atoms. The van der Waals surface area contributed by atoms with E-state index in [1.54, 1.807) is 0 Å². The highest BCUT2D eigenvalue weighted by Gasteiger charge is 2.38. The summed E-state index contributed by atoms with van der Waals surface area (Å²) in [7, 11) is 0. The molecule has 0 aromatic heterocycles. The minimum atomic E-state index is -0.970. The van der Waals surface area contributed by atoms with Gasteiger partial charge in [-0.1, -0.05) is 89.2 Å². The van der Waals surface area contributed by atoms with Gasteiger partial charge in [0.2, 0.25) is 0 Å². The SMILES string of the molecule is C/C=C/CCCCCCCCCCCCCCCCO[C@@H]1[C@@H](O)[C@H](CO)OC[C@H]1O. The van der Waals surface area contributed by atoms with Crippen molar-refractivity contribution in [3.8, 4) is 0 Å². The van der Waals surface area contributed by atoms with Gasteiger partial charge in [-0.05, 0) is 26.2 Å². The molecule has 1 saturated heterocycles. The van der Waals surface area contributed by atoms with E-state index >= 15 is 0 Å². The Balaban J connectivity index is 1.81. The van der Waals surface area contributed by atoms with E-state index in [1.807, 2.05) is 0 Å². The summed E-state index contributed by atoms with van der Waals surface area (Å²) < 4.78 is 10.9. The second kappa shape index (κ2) is 19.2. The van der Waals surface area contributed by atoms with Crippen LogP contribution in [0.2, 0.25) is 0 Å². The fourth-order valence-corrected chi connectivity index (χ4v) is 4.10. The molecular weight excluding hydrogens is 380 g/mol. The van der Waals surface area contributed by atoms with E-state index in [9.17, 15) is 10.2 Å². The molecule has 1 fully saturated rings. The Morgan fingerprint density at radius 2 is 1.30 bits per heavy atom. The molecule has 1 aliphatic heterocycles. The Morgan fingerprint density at radius 3 is 1.80 bits per heavy atom. The van der Waals surface area contributed by atoms with Gasteiger partial charge in [0, 0.05) is 6.61 Å². The van der Waals surface area contributed by atoms with Gasteiger partial charge in [-0.2, -0.15) is 0 Å². The first-order valence-electron chi connectivity index (χ1n) is 12.5. The molecule has 0 amide bonds. The standard InChI is InChI=1S/C25H48O5/c1-2-3-4-5-6-7-8-9-10-11-12-13-14-15-16-17-18-19-29-25-22(27)21-30-23(20-26)24(25)28/h2-3,22-28H,4-21H2,1H3/b3-2+/t22-,23+,24+,25+/m1/s1. The second-order valence-corrected chi connectivity index (χ2v) is 8.76. The number of allylic oxidation sites excluding steroid dienone is 2. The van der Waals surface area contributed by atoms with Crippen LogP contribution in [0.5, 0.6) is 0 Å². The molecule has 0 aromatic rings. The number of ether oxygens (including phenoxy) is 2. The molecule has 0 aromatic carbocycles. The molecular formula is C25H48O5. The zero-order valence-corrected chi connectivity index (χ0v) is 19.4. The summed E-state index contributed by atoms with van der Waals surface area (Å²) in [5.74, 6) is 0. The van der Waals surface area contributed by atoms with Crippen LogP contribution in [0.15, 0.2) is 12.2 Å². The topological polar surface area (TPSA) is 79.2 Å². The molecule has 30 heavy (non-hydrogen) atoms. The van der Waals surface area contributed by atoms with Crippen LogP contribution in [0.4, 0.5) is 0 Å². The summed E-state index contributed by atoms with van der Waals surface area (Å²) in [6, 6.07) is 0. The molecule has 178 valence electrons. The monoisotopic (exact) mass is 428 g/mol. The molecule has 5 nitrogen and oxygen atoms in total. The third kappa shape index (κ3) is 13.1. The number of unbranched alkanes of at least 4 members (excludes halogenated alkanes) is 14. The van der Waals surface area contributed by atoms with E-state index in [0.717, 1.165) is 12.8 Å². The van der Waals surface area contributed by atoms with Gasteiger partial charge >= 0.3 is 0 Å². The minimum Gasteiger partial charge on any atom is -0.394 e. The fourth-order valence-electron chi connectivity index (χ4n) is 4.10. The van der Waals surface area contributed by atoms with Gasteiger partial charge < -0.3 is 24.8 Å². The molecule has 0 spiro atoms. The number of aliphatic hydroxyl groups excluding tert-OH is 3. The van der Waals surface area contributed by atoms with Crippen LogP contribution >= 0.6 is 0 Å². The van der Waals surface area contributed by atoms with Crippen molar-refractivity contribution in [2.24, 2.45) is 0 Å². The molecule has 0 unspecified atom stereocenters. The molecule has 1 rings (SSSR count). The Kier molecular flexibility index (Phi) is 17.7. The number of hydrogen-bond donors (Lipinski definition) is 3. The van der Waals surface area contributed by atoms with Gasteiger partial charge in [-0.25, -0.2) is 0 Å². The van der Waals surface area contributed by atoms with Crippen LogP contribution in [0.25, 0.3) is 0 Å². The molecule has 0 radical (unpaired) electrons. The molecule has 1 heterocycles. The van der Waals surface area contributed by atoms with Crippen LogP contribution in [-0.2, 0) is 9.47 Å².